The monoisotopic (exact) mass is 309 g/mol. The maximum absolute atomic E-state index is 11.1. The van der Waals surface area contributed by atoms with E-state index in [1.165, 1.54) is 0 Å². The van der Waals surface area contributed by atoms with E-state index in [2.05, 4.69) is 0 Å². The molecule has 21 heavy (non-hydrogen) atoms. The maximum Gasteiger partial charge on any atom is 0.332 e. The highest BCUT2D eigenvalue weighted by Crippen LogP contribution is 2.12. The SMILES string of the molecule is C[C@@H](O[C@@H]([C@H](O)[C@H](O)CO)[C@H](C=O)NC(=O)CO)C(=O)O. The first-order valence-corrected chi connectivity index (χ1v) is 5.99. The van der Waals surface area contributed by atoms with Gasteiger partial charge < -0.3 is 40.4 Å². The smallest absolute Gasteiger partial charge is 0.332 e. The Balaban J connectivity index is 5.19. The maximum atomic E-state index is 11.1. The molecular weight excluding hydrogens is 290 g/mol. The van der Waals surface area contributed by atoms with Crippen LogP contribution in [0.3, 0.4) is 0 Å². The number of hydrogen-bond acceptors (Lipinski definition) is 8. The van der Waals surface area contributed by atoms with Crippen molar-refractivity contribution in [2.24, 2.45) is 0 Å². The molecule has 10 nitrogen and oxygen atoms in total. The number of carbonyl (C=O) groups is 3. The van der Waals surface area contributed by atoms with Crippen molar-refractivity contribution in [3.8, 4) is 0 Å². The fraction of sp³-hybridized carbons (Fsp3) is 0.727. The van der Waals surface area contributed by atoms with Crippen molar-refractivity contribution in [2.75, 3.05) is 13.2 Å². The standard InChI is InChI=1S/C11H19NO9/c1-5(11(19)20)21-10(9(18)7(16)3-14)6(2-13)12-8(17)4-15/h2,5-7,9-10,14-16,18H,3-4H2,1H3,(H,12,17)(H,19,20)/t5-,6+,7-,9-,10-/m1/s1. The minimum atomic E-state index is -1.84. The second kappa shape index (κ2) is 9.37. The van der Waals surface area contributed by atoms with E-state index in [-0.39, 0.29) is 6.29 Å². The molecule has 0 radical (unpaired) electrons. The zero-order chi connectivity index (χ0) is 16.6. The second-order valence-corrected chi connectivity index (χ2v) is 4.21. The van der Waals surface area contributed by atoms with E-state index in [9.17, 15) is 24.6 Å². The molecule has 0 saturated heterocycles. The Morgan fingerprint density at radius 1 is 1.29 bits per heavy atom. The third-order valence-corrected chi connectivity index (χ3v) is 2.60. The van der Waals surface area contributed by atoms with Gasteiger partial charge in [0.2, 0.25) is 5.91 Å². The topological polar surface area (TPSA) is 174 Å². The van der Waals surface area contributed by atoms with Crippen molar-refractivity contribution >= 4 is 18.2 Å². The van der Waals surface area contributed by atoms with Crippen LogP contribution in [0.4, 0.5) is 0 Å². The fourth-order valence-electron chi connectivity index (χ4n) is 1.42. The highest BCUT2D eigenvalue weighted by molar-refractivity contribution is 5.80. The highest BCUT2D eigenvalue weighted by Gasteiger charge is 2.36. The van der Waals surface area contributed by atoms with E-state index in [1.54, 1.807) is 0 Å². The number of aliphatic hydroxyl groups excluding tert-OH is 4. The summed E-state index contributed by atoms with van der Waals surface area (Å²) >= 11 is 0. The van der Waals surface area contributed by atoms with Crippen molar-refractivity contribution < 1.29 is 44.7 Å². The quantitative estimate of drug-likeness (QED) is 0.221. The Morgan fingerprint density at radius 3 is 2.24 bits per heavy atom. The number of nitrogens with one attached hydrogen (secondary N) is 1. The molecule has 10 heteroatoms. The van der Waals surface area contributed by atoms with Gasteiger partial charge in [-0.1, -0.05) is 0 Å². The summed E-state index contributed by atoms with van der Waals surface area (Å²) in [6.45, 7) is -0.699. The van der Waals surface area contributed by atoms with E-state index in [4.69, 9.17) is 20.1 Å². The predicted molar refractivity (Wildman–Crippen MR) is 66.2 cm³/mol. The van der Waals surface area contributed by atoms with Crippen LogP contribution in [0, 0.1) is 0 Å². The summed E-state index contributed by atoms with van der Waals surface area (Å²) in [5.74, 6) is -2.36. The first-order chi connectivity index (χ1) is 9.78. The number of amides is 1. The van der Waals surface area contributed by atoms with Crippen molar-refractivity contribution in [3.05, 3.63) is 0 Å². The average molecular weight is 309 g/mol. The lowest BCUT2D eigenvalue weighted by Crippen LogP contribution is -2.56. The van der Waals surface area contributed by atoms with Crippen LogP contribution in [0.1, 0.15) is 6.92 Å². The summed E-state index contributed by atoms with van der Waals surface area (Å²) in [7, 11) is 0. The molecule has 0 aromatic rings. The van der Waals surface area contributed by atoms with Crippen molar-refractivity contribution in [1.29, 1.82) is 0 Å². The van der Waals surface area contributed by atoms with E-state index in [0.29, 0.717) is 0 Å². The number of carboxylic acid groups (broad SMARTS) is 1. The van der Waals surface area contributed by atoms with Crippen LogP contribution in [0.25, 0.3) is 0 Å². The Bertz CT molecular complexity index is 362. The van der Waals surface area contributed by atoms with Crippen LogP contribution >= 0.6 is 0 Å². The van der Waals surface area contributed by atoms with Gasteiger partial charge in [-0.2, -0.15) is 0 Å². The zero-order valence-electron chi connectivity index (χ0n) is 11.2. The van der Waals surface area contributed by atoms with Crippen LogP contribution in [-0.4, -0.2) is 87.4 Å². The van der Waals surface area contributed by atoms with Crippen LogP contribution in [0.5, 0.6) is 0 Å². The molecule has 0 aromatic heterocycles. The number of carbonyl (C=O) groups excluding carboxylic acids is 2. The summed E-state index contributed by atoms with van der Waals surface area (Å²) in [5, 5.41) is 47.3. The zero-order valence-corrected chi connectivity index (χ0v) is 11.2. The molecule has 122 valence electrons. The Labute approximate surface area is 120 Å². The average Bonchev–Trinajstić information content (AvgIpc) is 2.48. The Morgan fingerprint density at radius 2 is 1.86 bits per heavy atom. The predicted octanol–water partition coefficient (Wildman–Crippen LogP) is -3.77. The molecule has 0 aliphatic rings. The minimum absolute atomic E-state index is 0.153. The largest absolute Gasteiger partial charge is 0.479 e. The lowest BCUT2D eigenvalue weighted by Gasteiger charge is -2.31. The van der Waals surface area contributed by atoms with Crippen molar-refractivity contribution in [3.63, 3.8) is 0 Å². The van der Waals surface area contributed by atoms with Gasteiger partial charge in [0, 0.05) is 0 Å². The molecule has 0 rings (SSSR count). The van der Waals surface area contributed by atoms with E-state index in [0.717, 1.165) is 6.92 Å². The normalized spacial score (nSPS) is 18.1. The highest BCUT2D eigenvalue weighted by atomic mass is 16.5. The molecule has 0 aromatic carbocycles. The van der Waals surface area contributed by atoms with Gasteiger partial charge in [-0.25, -0.2) is 4.79 Å². The lowest BCUT2D eigenvalue weighted by atomic mass is 10.0. The summed E-state index contributed by atoms with van der Waals surface area (Å²) in [4.78, 5) is 32.8. The van der Waals surface area contributed by atoms with Gasteiger partial charge in [0.15, 0.2) is 6.10 Å². The molecule has 0 unspecified atom stereocenters. The summed E-state index contributed by atoms with van der Waals surface area (Å²) in [6.07, 6.45) is -6.49. The van der Waals surface area contributed by atoms with Gasteiger partial charge in [0.25, 0.3) is 0 Å². The number of ether oxygens (including phenoxy) is 1. The molecule has 6 N–H and O–H groups in total. The fourth-order valence-corrected chi connectivity index (χ4v) is 1.42. The molecule has 0 spiro atoms. The van der Waals surface area contributed by atoms with Crippen LogP contribution in [0.15, 0.2) is 0 Å². The van der Waals surface area contributed by atoms with Gasteiger partial charge >= 0.3 is 5.97 Å². The summed E-state index contributed by atoms with van der Waals surface area (Å²) in [6, 6.07) is -1.53. The van der Waals surface area contributed by atoms with Gasteiger partial charge in [0.05, 0.1) is 6.61 Å². The van der Waals surface area contributed by atoms with Crippen molar-refractivity contribution in [1.82, 2.24) is 5.32 Å². The Kier molecular flexibility index (Phi) is 8.66. The molecule has 1 amide bonds. The molecule has 0 aliphatic heterocycles. The Hall–Kier alpha value is -1.59. The minimum Gasteiger partial charge on any atom is -0.479 e. The van der Waals surface area contributed by atoms with E-state index in [1.807, 2.05) is 5.32 Å². The second-order valence-electron chi connectivity index (χ2n) is 4.21. The first kappa shape index (κ1) is 19.4. The number of rotatable bonds is 10. The third kappa shape index (κ3) is 6.14. The van der Waals surface area contributed by atoms with E-state index < -0.39 is 55.5 Å². The van der Waals surface area contributed by atoms with Crippen LogP contribution < -0.4 is 5.32 Å². The summed E-state index contributed by atoms with van der Waals surface area (Å²) < 4.78 is 4.95. The van der Waals surface area contributed by atoms with Crippen LogP contribution in [0.2, 0.25) is 0 Å². The number of aldehydes is 1. The molecular formula is C11H19NO9. The molecule has 0 saturated carbocycles. The van der Waals surface area contributed by atoms with Gasteiger partial charge in [-0.15, -0.1) is 0 Å². The molecule has 5 atom stereocenters. The molecule has 0 fully saturated rings. The third-order valence-electron chi connectivity index (χ3n) is 2.60. The van der Waals surface area contributed by atoms with Gasteiger partial charge in [-0.3, -0.25) is 4.79 Å². The number of carboxylic acids is 1. The molecule has 0 bridgehead atoms. The molecule has 0 aliphatic carbocycles. The molecule has 0 heterocycles. The van der Waals surface area contributed by atoms with Crippen LogP contribution in [-0.2, 0) is 19.1 Å². The number of aliphatic carboxylic acids is 1. The van der Waals surface area contributed by atoms with Gasteiger partial charge in [-0.05, 0) is 6.92 Å². The number of hydrogen-bond donors (Lipinski definition) is 6. The first-order valence-electron chi connectivity index (χ1n) is 5.99. The number of aliphatic hydroxyl groups is 4. The summed E-state index contributed by atoms with van der Waals surface area (Å²) in [5.41, 5.74) is 0. The van der Waals surface area contributed by atoms with Crippen molar-refractivity contribution in [2.45, 2.75) is 37.4 Å². The van der Waals surface area contributed by atoms with E-state index >= 15 is 0 Å². The lowest BCUT2D eigenvalue weighted by molar-refractivity contribution is -0.168. The van der Waals surface area contributed by atoms with Gasteiger partial charge in [0.1, 0.15) is 37.2 Å².